The molecule has 0 saturated carbocycles. The highest BCUT2D eigenvalue weighted by molar-refractivity contribution is 7.89. The summed E-state index contributed by atoms with van der Waals surface area (Å²) >= 11 is 6.01. The number of rotatable bonds is 3. The van der Waals surface area contributed by atoms with Crippen molar-refractivity contribution in [3.05, 3.63) is 28.8 Å². The van der Waals surface area contributed by atoms with Crippen molar-refractivity contribution in [1.82, 2.24) is 9.62 Å². The number of piperidine rings is 1. The van der Waals surface area contributed by atoms with Crippen molar-refractivity contribution in [3.8, 4) is 0 Å². The maximum absolute atomic E-state index is 12.6. The van der Waals surface area contributed by atoms with E-state index in [4.69, 9.17) is 11.6 Å². The number of hydrogen-bond donors (Lipinski definition) is 1. The Bertz CT molecular complexity index is 552. The van der Waals surface area contributed by atoms with Gasteiger partial charge >= 0.3 is 0 Å². The van der Waals surface area contributed by atoms with Gasteiger partial charge in [-0.3, -0.25) is 0 Å². The molecule has 0 amide bonds. The van der Waals surface area contributed by atoms with E-state index in [0.29, 0.717) is 34.6 Å². The van der Waals surface area contributed by atoms with Crippen molar-refractivity contribution in [3.63, 3.8) is 0 Å². The highest BCUT2D eigenvalue weighted by Crippen LogP contribution is 2.27. The summed E-state index contributed by atoms with van der Waals surface area (Å²) in [6, 6.07) is 5.43. The Hall–Kier alpha value is -0.620. The first-order valence-corrected chi connectivity index (χ1v) is 8.21. The molecule has 4 nitrogen and oxygen atoms in total. The molecule has 1 saturated heterocycles. The van der Waals surface area contributed by atoms with Crippen LogP contribution in [0.3, 0.4) is 0 Å². The Morgan fingerprint density at radius 1 is 1.32 bits per heavy atom. The van der Waals surface area contributed by atoms with E-state index < -0.39 is 10.0 Å². The van der Waals surface area contributed by atoms with Gasteiger partial charge in [0, 0.05) is 24.2 Å². The molecule has 1 aromatic carbocycles. The van der Waals surface area contributed by atoms with Gasteiger partial charge in [-0.05, 0) is 44.5 Å². The van der Waals surface area contributed by atoms with Crippen LogP contribution in [0.25, 0.3) is 0 Å². The normalized spacial score (nSPS) is 18.7. The highest BCUT2D eigenvalue weighted by Gasteiger charge is 2.30. The van der Waals surface area contributed by atoms with Crippen LogP contribution < -0.4 is 5.32 Å². The first kappa shape index (κ1) is 14.8. The number of sulfonamides is 1. The van der Waals surface area contributed by atoms with Crippen LogP contribution in [0.2, 0.25) is 5.02 Å². The maximum Gasteiger partial charge on any atom is 0.243 e. The monoisotopic (exact) mass is 302 g/mol. The molecule has 106 valence electrons. The molecule has 1 N–H and O–H groups in total. The van der Waals surface area contributed by atoms with E-state index in [2.05, 4.69) is 5.32 Å². The quantitative estimate of drug-likeness (QED) is 0.929. The fraction of sp³-hybridized carbons (Fsp3) is 0.538. The second-order valence-corrected chi connectivity index (χ2v) is 7.14. The molecule has 0 aliphatic carbocycles. The predicted molar refractivity (Wildman–Crippen MR) is 77.0 cm³/mol. The largest absolute Gasteiger partial charge is 0.317 e. The van der Waals surface area contributed by atoms with Crippen LogP contribution in [-0.2, 0) is 10.0 Å². The molecule has 1 aliphatic rings. The number of halogens is 1. The molecular formula is C13H19ClN2O2S. The molecule has 1 aliphatic heterocycles. The Balaban J connectivity index is 2.26. The summed E-state index contributed by atoms with van der Waals surface area (Å²) in [4.78, 5) is 0.322. The molecule has 0 radical (unpaired) electrons. The molecule has 0 spiro atoms. The fourth-order valence-electron chi connectivity index (χ4n) is 2.39. The van der Waals surface area contributed by atoms with Crippen LogP contribution in [0.4, 0.5) is 0 Å². The topological polar surface area (TPSA) is 49.4 Å². The molecule has 0 atom stereocenters. The van der Waals surface area contributed by atoms with Crippen molar-refractivity contribution >= 4 is 21.6 Å². The maximum atomic E-state index is 12.6. The Morgan fingerprint density at radius 2 is 1.95 bits per heavy atom. The van der Waals surface area contributed by atoms with Crippen LogP contribution >= 0.6 is 11.6 Å². The SMILES string of the molecule is CNC1CCN(S(=O)(=O)c2cccc(Cl)c2C)CC1. The van der Waals surface area contributed by atoms with Gasteiger partial charge < -0.3 is 5.32 Å². The van der Waals surface area contributed by atoms with Crippen molar-refractivity contribution in [1.29, 1.82) is 0 Å². The summed E-state index contributed by atoms with van der Waals surface area (Å²) in [6.07, 6.45) is 1.69. The van der Waals surface area contributed by atoms with Crippen LogP contribution in [0.5, 0.6) is 0 Å². The van der Waals surface area contributed by atoms with Gasteiger partial charge in [0.1, 0.15) is 0 Å². The molecule has 0 unspecified atom stereocenters. The lowest BCUT2D eigenvalue weighted by molar-refractivity contribution is 0.298. The van der Waals surface area contributed by atoms with E-state index in [1.165, 1.54) is 0 Å². The van der Waals surface area contributed by atoms with Crippen molar-refractivity contribution in [2.75, 3.05) is 20.1 Å². The van der Waals surface area contributed by atoms with Crippen LogP contribution in [0, 0.1) is 6.92 Å². The first-order chi connectivity index (χ1) is 8.96. The Labute approximate surface area is 119 Å². The molecule has 6 heteroatoms. The Kier molecular flexibility index (Phi) is 4.50. The third kappa shape index (κ3) is 2.94. The molecular weight excluding hydrogens is 284 g/mol. The van der Waals surface area contributed by atoms with Gasteiger partial charge in [0.25, 0.3) is 0 Å². The Morgan fingerprint density at radius 3 is 2.53 bits per heavy atom. The standard InChI is InChI=1S/C13H19ClN2O2S/c1-10-12(14)4-3-5-13(10)19(17,18)16-8-6-11(15-2)7-9-16/h3-5,11,15H,6-9H2,1-2H3. The van der Waals surface area contributed by atoms with Gasteiger partial charge in [-0.1, -0.05) is 17.7 Å². The lowest BCUT2D eigenvalue weighted by Crippen LogP contribution is -2.44. The molecule has 0 bridgehead atoms. The van der Waals surface area contributed by atoms with E-state index in [-0.39, 0.29) is 0 Å². The van der Waals surface area contributed by atoms with Crippen LogP contribution in [-0.4, -0.2) is 38.9 Å². The van der Waals surface area contributed by atoms with E-state index in [0.717, 1.165) is 12.8 Å². The zero-order chi connectivity index (χ0) is 14.0. The van der Waals surface area contributed by atoms with Gasteiger partial charge in [0.05, 0.1) is 4.90 Å². The number of nitrogens with zero attached hydrogens (tertiary/aromatic N) is 1. The van der Waals surface area contributed by atoms with Gasteiger partial charge in [-0.2, -0.15) is 4.31 Å². The zero-order valence-corrected chi connectivity index (χ0v) is 12.8. The average Bonchev–Trinajstić information content (AvgIpc) is 2.41. The third-order valence-electron chi connectivity index (χ3n) is 3.70. The second-order valence-electron chi connectivity index (χ2n) is 4.83. The smallest absolute Gasteiger partial charge is 0.243 e. The highest BCUT2D eigenvalue weighted by atomic mass is 35.5. The molecule has 1 heterocycles. The van der Waals surface area contributed by atoms with Crippen LogP contribution in [0.15, 0.2) is 23.1 Å². The van der Waals surface area contributed by atoms with E-state index in [1.54, 1.807) is 29.4 Å². The number of nitrogens with one attached hydrogen (secondary N) is 1. The summed E-state index contributed by atoms with van der Waals surface area (Å²) < 4.78 is 26.8. The van der Waals surface area contributed by atoms with Gasteiger partial charge in [-0.15, -0.1) is 0 Å². The molecule has 0 aromatic heterocycles. The molecule has 2 rings (SSSR count). The molecule has 1 aromatic rings. The average molecular weight is 303 g/mol. The van der Waals surface area contributed by atoms with Crippen molar-refractivity contribution in [2.24, 2.45) is 0 Å². The summed E-state index contributed by atoms with van der Waals surface area (Å²) in [7, 11) is -1.51. The van der Waals surface area contributed by atoms with Gasteiger partial charge in [-0.25, -0.2) is 8.42 Å². The lowest BCUT2D eigenvalue weighted by atomic mass is 10.1. The molecule has 1 fully saturated rings. The summed E-state index contributed by atoms with van der Waals surface area (Å²) in [5.74, 6) is 0. The molecule has 19 heavy (non-hydrogen) atoms. The van der Waals surface area contributed by atoms with Gasteiger partial charge in [0.15, 0.2) is 0 Å². The van der Waals surface area contributed by atoms with Crippen LogP contribution in [0.1, 0.15) is 18.4 Å². The minimum atomic E-state index is -3.43. The summed E-state index contributed by atoms with van der Waals surface area (Å²) in [5, 5.41) is 3.69. The summed E-state index contributed by atoms with van der Waals surface area (Å²) in [5.41, 5.74) is 0.625. The first-order valence-electron chi connectivity index (χ1n) is 6.39. The van der Waals surface area contributed by atoms with E-state index >= 15 is 0 Å². The minimum Gasteiger partial charge on any atom is -0.317 e. The van der Waals surface area contributed by atoms with Gasteiger partial charge in [0.2, 0.25) is 10.0 Å². The summed E-state index contributed by atoms with van der Waals surface area (Å²) in [6.45, 7) is 2.86. The minimum absolute atomic E-state index is 0.322. The third-order valence-corrected chi connectivity index (χ3v) is 6.15. The number of benzene rings is 1. The zero-order valence-electron chi connectivity index (χ0n) is 11.2. The lowest BCUT2D eigenvalue weighted by Gasteiger charge is -2.31. The second kappa shape index (κ2) is 5.79. The number of hydrogen-bond acceptors (Lipinski definition) is 3. The fourth-order valence-corrected chi connectivity index (χ4v) is 4.34. The predicted octanol–water partition coefficient (Wildman–Crippen LogP) is 2.02. The van der Waals surface area contributed by atoms with Crippen molar-refractivity contribution < 1.29 is 8.42 Å². The van der Waals surface area contributed by atoms with E-state index in [1.807, 2.05) is 7.05 Å². The van der Waals surface area contributed by atoms with E-state index in [9.17, 15) is 8.42 Å². The van der Waals surface area contributed by atoms with Crippen molar-refractivity contribution in [2.45, 2.75) is 30.7 Å².